The van der Waals surface area contributed by atoms with E-state index in [9.17, 15) is 14.3 Å². The Kier molecular flexibility index (Phi) is 5.30. The zero-order valence-electron chi connectivity index (χ0n) is 11.6. The van der Waals surface area contributed by atoms with Crippen molar-refractivity contribution < 1.29 is 14.3 Å². The second-order valence-electron chi connectivity index (χ2n) is 4.61. The molecular formula is C15H17FN2O2S. The summed E-state index contributed by atoms with van der Waals surface area (Å²) in [6.45, 7) is 2.38. The third kappa shape index (κ3) is 4.54. The molecular weight excluding hydrogens is 291 g/mol. The molecule has 2 aromatic rings. The summed E-state index contributed by atoms with van der Waals surface area (Å²) in [6.07, 6.45) is -1.07. The topological polar surface area (TPSA) is 61.4 Å². The molecule has 0 aliphatic carbocycles. The van der Waals surface area contributed by atoms with Crippen LogP contribution in [0.15, 0.2) is 36.4 Å². The van der Waals surface area contributed by atoms with Gasteiger partial charge in [-0.2, -0.15) is 0 Å². The highest BCUT2D eigenvalue weighted by atomic mass is 32.1. The molecule has 21 heavy (non-hydrogen) atoms. The van der Waals surface area contributed by atoms with E-state index in [4.69, 9.17) is 0 Å². The van der Waals surface area contributed by atoms with E-state index >= 15 is 0 Å². The van der Waals surface area contributed by atoms with E-state index in [0.29, 0.717) is 6.54 Å². The maximum Gasteiger partial charge on any atom is 0.315 e. The van der Waals surface area contributed by atoms with Gasteiger partial charge in [0, 0.05) is 21.9 Å². The summed E-state index contributed by atoms with van der Waals surface area (Å²) in [5.74, 6) is -0.485. The van der Waals surface area contributed by atoms with Gasteiger partial charge in [0.05, 0.1) is 12.6 Å². The van der Waals surface area contributed by atoms with Crippen molar-refractivity contribution in [2.24, 2.45) is 0 Å². The van der Waals surface area contributed by atoms with Crippen LogP contribution < -0.4 is 10.6 Å². The van der Waals surface area contributed by atoms with E-state index < -0.39 is 18.0 Å². The minimum atomic E-state index is -1.07. The highest BCUT2D eigenvalue weighted by Gasteiger charge is 2.13. The summed E-state index contributed by atoms with van der Waals surface area (Å²) in [4.78, 5) is 13.9. The van der Waals surface area contributed by atoms with Gasteiger partial charge in [-0.1, -0.05) is 18.2 Å². The molecule has 0 saturated heterocycles. The van der Waals surface area contributed by atoms with Gasteiger partial charge in [-0.15, -0.1) is 11.3 Å². The number of carbonyl (C=O) groups is 1. The quantitative estimate of drug-likeness (QED) is 0.795. The molecule has 0 radical (unpaired) electrons. The van der Waals surface area contributed by atoms with Crippen LogP contribution in [0, 0.1) is 12.7 Å². The lowest BCUT2D eigenvalue weighted by molar-refractivity contribution is 0.169. The van der Waals surface area contributed by atoms with Gasteiger partial charge in [-0.25, -0.2) is 9.18 Å². The number of urea groups is 1. The molecule has 0 aliphatic heterocycles. The minimum absolute atomic E-state index is 0.0454. The van der Waals surface area contributed by atoms with Crippen LogP contribution in [0.2, 0.25) is 0 Å². The van der Waals surface area contributed by atoms with E-state index in [1.54, 1.807) is 23.5 Å². The van der Waals surface area contributed by atoms with Crippen molar-refractivity contribution in [2.75, 3.05) is 6.54 Å². The zero-order valence-corrected chi connectivity index (χ0v) is 12.4. The number of benzene rings is 1. The lowest BCUT2D eigenvalue weighted by Gasteiger charge is -2.13. The number of hydrogen-bond donors (Lipinski definition) is 3. The third-order valence-electron chi connectivity index (χ3n) is 2.94. The number of hydrogen-bond acceptors (Lipinski definition) is 3. The van der Waals surface area contributed by atoms with Crippen molar-refractivity contribution in [3.05, 3.63) is 57.5 Å². The number of rotatable bonds is 5. The summed E-state index contributed by atoms with van der Waals surface area (Å²) in [6, 6.07) is 9.51. The molecule has 1 aromatic heterocycles. The molecule has 2 amide bonds. The average Bonchev–Trinajstić information content (AvgIpc) is 2.89. The van der Waals surface area contributed by atoms with Crippen LogP contribution in [0.4, 0.5) is 9.18 Å². The minimum Gasteiger partial charge on any atom is -0.386 e. The smallest absolute Gasteiger partial charge is 0.315 e. The van der Waals surface area contributed by atoms with Gasteiger partial charge in [0.15, 0.2) is 0 Å². The molecule has 1 aromatic carbocycles. The Morgan fingerprint density at radius 1 is 1.29 bits per heavy atom. The number of nitrogens with one attached hydrogen (secondary N) is 2. The van der Waals surface area contributed by atoms with Crippen molar-refractivity contribution in [3.63, 3.8) is 0 Å². The van der Waals surface area contributed by atoms with Crippen molar-refractivity contribution in [2.45, 2.75) is 19.6 Å². The van der Waals surface area contributed by atoms with Gasteiger partial charge in [0.1, 0.15) is 5.82 Å². The molecule has 0 bridgehead atoms. The predicted octanol–water partition coefficient (Wildman–Crippen LogP) is 2.73. The summed E-state index contributed by atoms with van der Waals surface area (Å²) < 4.78 is 13.4. The summed E-state index contributed by atoms with van der Waals surface area (Å²) in [7, 11) is 0. The maximum absolute atomic E-state index is 13.4. The van der Waals surface area contributed by atoms with Gasteiger partial charge in [-0.3, -0.25) is 0 Å². The fourth-order valence-corrected chi connectivity index (χ4v) is 2.68. The normalized spacial score (nSPS) is 12.0. The van der Waals surface area contributed by atoms with Crippen LogP contribution >= 0.6 is 11.3 Å². The monoisotopic (exact) mass is 308 g/mol. The standard InChI is InChI=1S/C15H17FN2O2S/c1-10-6-7-11(21-10)8-17-15(20)18-9-14(19)12-4-2-3-5-13(12)16/h2-7,14,19H,8-9H2,1H3,(H2,17,18,20). The molecule has 2 rings (SSSR count). The summed E-state index contributed by atoms with van der Waals surface area (Å²) in [5.41, 5.74) is 0.173. The first-order valence-electron chi connectivity index (χ1n) is 6.56. The number of aliphatic hydroxyl groups excluding tert-OH is 1. The van der Waals surface area contributed by atoms with Crippen LogP contribution in [0.25, 0.3) is 0 Å². The van der Waals surface area contributed by atoms with Gasteiger partial charge in [-0.05, 0) is 25.1 Å². The van der Waals surface area contributed by atoms with Gasteiger partial charge in [0.2, 0.25) is 0 Å². The Labute approximate surface area is 126 Å². The molecule has 1 unspecified atom stereocenters. The Bertz CT molecular complexity index is 615. The molecule has 112 valence electrons. The van der Waals surface area contributed by atoms with Crippen molar-refractivity contribution in [1.82, 2.24) is 10.6 Å². The zero-order chi connectivity index (χ0) is 15.2. The van der Waals surface area contributed by atoms with Crippen LogP contribution in [-0.4, -0.2) is 17.7 Å². The second kappa shape index (κ2) is 7.19. The summed E-state index contributed by atoms with van der Waals surface area (Å²) >= 11 is 1.61. The van der Waals surface area contributed by atoms with Gasteiger partial charge < -0.3 is 15.7 Å². The molecule has 0 aliphatic rings. The lowest BCUT2D eigenvalue weighted by atomic mass is 10.1. The van der Waals surface area contributed by atoms with E-state index in [1.807, 2.05) is 19.1 Å². The number of aliphatic hydroxyl groups is 1. The van der Waals surface area contributed by atoms with Crippen LogP contribution in [0.5, 0.6) is 0 Å². The Balaban J connectivity index is 1.77. The van der Waals surface area contributed by atoms with Crippen LogP contribution in [-0.2, 0) is 6.54 Å². The first-order valence-corrected chi connectivity index (χ1v) is 7.37. The van der Waals surface area contributed by atoms with E-state index in [0.717, 1.165) is 4.88 Å². The van der Waals surface area contributed by atoms with Crippen molar-refractivity contribution in [1.29, 1.82) is 0 Å². The maximum atomic E-state index is 13.4. The van der Waals surface area contributed by atoms with Crippen molar-refractivity contribution >= 4 is 17.4 Å². The molecule has 0 spiro atoms. The van der Waals surface area contributed by atoms with E-state index in [-0.39, 0.29) is 12.1 Å². The second-order valence-corrected chi connectivity index (χ2v) is 5.99. The highest BCUT2D eigenvalue weighted by molar-refractivity contribution is 7.11. The Morgan fingerprint density at radius 3 is 2.71 bits per heavy atom. The van der Waals surface area contributed by atoms with Gasteiger partial charge >= 0.3 is 6.03 Å². The molecule has 0 saturated carbocycles. The number of amides is 2. The number of halogens is 1. The molecule has 4 nitrogen and oxygen atoms in total. The van der Waals surface area contributed by atoms with Gasteiger partial charge in [0.25, 0.3) is 0 Å². The molecule has 3 N–H and O–H groups in total. The fraction of sp³-hybridized carbons (Fsp3) is 0.267. The first-order chi connectivity index (χ1) is 10.1. The lowest BCUT2D eigenvalue weighted by Crippen LogP contribution is -2.37. The molecule has 1 atom stereocenters. The first kappa shape index (κ1) is 15.5. The predicted molar refractivity (Wildman–Crippen MR) is 80.7 cm³/mol. The highest BCUT2D eigenvalue weighted by Crippen LogP contribution is 2.16. The largest absolute Gasteiger partial charge is 0.386 e. The fourth-order valence-electron chi connectivity index (χ4n) is 1.85. The van der Waals surface area contributed by atoms with Crippen molar-refractivity contribution in [3.8, 4) is 0 Å². The van der Waals surface area contributed by atoms with Crippen LogP contribution in [0.3, 0.4) is 0 Å². The van der Waals surface area contributed by atoms with E-state index in [2.05, 4.69) is 10.6 Å². The average molecular weight is 308 g/mol. The molecule has 0 fully saturated rings. The third-order valence-corrected chi connectivity index (χ3v) is 3.94. The summed E-state index contributed by atoms with van der Waals surface area (Å²) in [5, 5.41) is 15.1. The molecule has 1 heterocycles. The number of carbonyl (C=O) groups excluding carboxylic acids is 1. The van der Waals surface area contributed by atoms with E-state index in [1.165, 1.54) is 17.0 Å². The Hall–Kier alpha value is -1.92. The Morgan fingerprint density at radius 2 is 2.05 bits per heavy atom. The molecule has 6 heteroatoms. The number of aryl methyl sites for hydroxylation is 1. The SMILES string of the molecule is Cc1ccc(CNC(=O)NCC(O)c2ccccc2F)s1. The van der Waals surface area contributed by atoms with Crippen LogP contribution in [0.1, 0.15) is 21.4 Å². The number of thiophene rings is 1.